The van der Waals surface area contributed by atoms with Gasteiger partial charge in [-0.3, -0.25) is 0 Å². The van der Waals surface area contributed by atoms with Crippen molar-refractivity contribution in [3.05, 3.63) is 46.7 Å². The number of hydrogen-bond donors (Lipinski definition) is 1. The van der Waals surface area contributed by atoms with Crippen molar-refractivity contribution in [1.82, 2.24) is 0 Å². The molecule has 1 unspecified atom stereocenters. The van der Waals surface area contributed by atoms with E-state index in [1.807, 2.05) is 17.5 Å². The van der Waals surface area contributed by atoms with Crippen LogP contribution in [0.5, 0.6) is 0 Å². The number of benzene rings is 1. The standard InChI is InChI=1S/C14H13NO2SSe/c16-14-15-12-6-7-18-13(12)8-10(17-14)9-19-11-4-2-1-3-5-11/h1-7,10H,8-9H2,(H,15,16). The second-order valence-electron chi connectivity index (χ2n) is 4.24. The minimum atomic E-state index is -0.328. The Morgan fingerprint density at radius 1 is 1.32 bits per heavy atom. The number of carbonyl (C=O) groups is 1. The van der Waals surface area contributed by atoms with Crippen molar-refractivity contribution < 1.29 is 9.53 Å². The number of anilines is 1. The van der Waals surface area contributed by atoms with Crippen LogP contribution >= 0.6 is 11.3 Å². The van der Waals surface area contributed by atoms with Gasteiger partial charge in [0.2, 0.25) is 0 Å². The Morgan fingerprint density at radius 3 is 3.00 bits per heavy atom. The maximum absolute atomic E-state index is 11.6. The Labute approximate surface area is 122 Å². The molecule has 3 rings (SSSR count). The second-order valence-corrected chi connectivity index (χ2v) is 7.53. The van der Waals surface area contributed by atoms with E-state index in [2.05, 4.69) is 29.6 Å². The molecule has 2 heterocycles. The molecule has 1 N–H and O–H groups in total. The number of cyclic esters (lactones) is 1. The van der Waals surface area contributed by atoms with E-state index in [1.165, 1.54) is 9.34 Å². The number of thiophene rings is 1. The molecule has 1 aromatic heterocycles. The third kappa shape index (κ3) is 3.18. The minimum absolute atomic E-state index is 0.0138. The van der Waals surface area contributed by atoms with Gasteiger partial charge in [0, 0.05) is 0 Å². The molecule has 1 aliphatic rings. The van der Waals surface area contributed by atoms with Crippen molar-refractivity contribution in [3.63, 3.8) is 0 Å². The van der Waals surface area contributed by atoms with E-state index >= 15 is 0 Å². The predicted molar refractivity (Wildman–Crippen MR) is 78.6 cm³/mol. The summed E-state index contributed by atoms with van der Waals surface area (Å²) in [6.45, 7) is 0. The molecular formula is C14H13NO2SSe. The number of amides is 1. The Bertz CT molecular complexity index is 570. The van der Waals surface area contributed by atoms with Gasteiger partial charge in [0.25, 0.3) is 0 Å². The third-order valence-electron chi connectivity index (χ3n) is 2.85. The van der Waals surface area contributed by atoms with Crippen LogP contribution < -0.4 is 9.78 Å². The number of nitrogens with one attached hydrogen (secondary N) is 1. The van der Waals surface area contributed by atoms with Crippen LogP contribution in [-0.4, -0.2) is 27.2 Å². The summed E-state index contributed by atoms with van der Waals surface area (Å²) in [5.74, 6) is 0. The Kier molecular flexibility index (Phi) is 3.87. The van der Waals surface area contributed by atoms with Gasteiger partial charge in [-0.25, -0.2) is 0 Å². The van der Waals surface area contributed by atoms with E-state index in [-0.39, 0.29) is 12.2 Å². The van der Waals surface area contributed by atoms with Crippen LogP contribution in [-0.2, 0) is 11.2 Å². The molecule has 19 heavy (non-hydrogen) atoms. The zero-order valence-electron chi connectivity index (χ0n) is 10.2. The SMILES string of the molecule is O=C1Nc2ccsc2CC(C[Se]c2ccccc2)O1. The van der Waals surface area contributed by atoms with E-state index in [9.17, 15) is 4.79 Å². The van der Waals surface area contributed by atoms with Gasteiger partial charge >= 0.3 is 122 Å². The van der Waals surface area contributed by atoms with Crippen molar-refractivity contribution in [2.45, 2.75) is 17.8 Å². The summed E-state index contributed by atoms with van der Waals surface area (Å²) in [6.07, 6.45) is 0.478. The first-order valence-corrected chi connectivity index (χ1v) is 8.98. The van der Waals surface area contributed by atoms with Gasteiger partial charge in [-0.1, -0.05) is 0 Å². The summed E-state index contributed by atoms with van der Waals surface area (Å²) in [7, 11) is 0. The van der Waals surface area contributed by atoms with Crippen molar-refractivity contribution in [1.29, 1.82) is 0 Å². The molecule has 98 valence electrons. The van der Waals surface area contributed by atoms with Gasteiger partial charge in [0.05, 0.1) is 0 Å². The molecule has 0 spiro atoms. The van der Waals surface area contributed by atoms with Crippen molar-refractivity contribution in [2.75, 3.05) is 5.32 Å². The molecule has 1 aliphatic heterocycles. The van der Waals surface area contributed by atoms with E-state index in [0.29, 0.717) is 15.0 Å². The quantitative estimate of drug-likeness (QED) is 0.874. The van der Waals surface area contributed by atoms with Gasteiger partial charge in [-0.2, -0.15) is 0 Å². The molecule has 0 fully saturated rings. The predicted octanol–water partition coefficient (Wildman–Crippen LogP) is 2.67. The fourth-order valence-electron chi connectivity index (χ4n) is 1.95. The van der Waals surface area contributed by atoms with Crippen molar-refractivity contribution in [3.8, 4) is 0 Å². The van der Waals surface area contributed by atoms with E-state index in [4.69, 9.17) is 4.74 Å². The van der Waals surface area contributed by atoms with Gasteiger partial charge in [-0.15, -0.1) is 0 Å². The number of ether oxygens (including phenoxy) is 1. The molecule has 5 heteroatoms. The summed E-state index contributed by atoms with van der Waals surface area (Å²) in [6, 6.07) is 12.3. The average molecular weight is 338 g/mol. The van der Waals surface area contributed by atoms with Gasteiger partial charge in [0.1, 0.15) is 0 Å². The Morgan fingerprint density at radius 2 is 2.16 bits per heavy atom. The molecule has 3 nitrogen and oxygen atoms in total. The van der Waals surface area contributed by atoms with Crippen LogP contribution in [0.3, 0.4) is 0 Å². The topological polar surface area (TPSA) is 38.3 Å². The summed E-state index contributed by atoms with van der Waals surface area (Å²) < 4.78 is 6.79. The Balaban J connectivity index is 1.67. The summed E-state index contributed by atoms with van der Waals surface area (Å²) in [4.78, 5) is 12.9. The molecular weight excluding hydrogens is 325 g/mol. The van der Waals surface area contributed by atoms with Crippen molar-refractivity contribution >= 4 is 42.5 Å². The summed E-state index contributed by atoms with van der Waals surface area (Å²) >= 11 is 2.02. The van der Waals surface area contributed by atoms with E-state index in [1.54, 1.807) is 11.3 Å². The number of fused-ring (bicyclic) bond motifs is 1. The number of hydrogen-bond acceptors (Lipinski definition) is 3. The van der Waals surface area contributed by atoms with E-state index in [0.717, 1.165) is 17.4 Å². The summed E-state index contributed by atoms with van der Waals surface area (Å²) in [5, 5.41) is 5.71. The Hall–Kier alpha value is -1.29. The fourth-order valence-corrected chi connectivity index (χ4v) is 4.76. The van der Waals surface area contributed by atoms with Crippen molar-refractivity contribution in [2.24, 2.45) is 0 Å². The van der Waals surface area contributed by atoms with Crippen LogP contribution in [0.4, 0.5) is 10.5 Å². The molecule has 0 saturated heterocycles. The molecule has 0 aliphatic carbocycles. The third-order valence-corrected chi connectivity index (χ3v) is 6.19. The maximum atomic E-state index is 11.6. The molecule has 1 atom stereocenters. The average Bonchev–Trinajstić information content (AvgIpc) is 2.78. The van der Waals surface area contributed by atoms with Gasteiger partial charge in [-0.05, 0) is 0 Å². The fraction of sp³-hybridized carbons (Fsp3) is 0.214. The van der Waals surface area contributed by atoms with Crippen LogP contribution in [0, 0.1) is 0 Å². The normalized spacial score (nSPS) is 18.1. The van der Waals surface area contributed by atoms with Crippen LogP contribution in [0.1, 0.15) is 4.88 Å². The zero-order chi connectivity index (χ0) is 13.1. The first-order valence-electron chi connectivity index (χ1n) is 6.03. The zero-order valence-corrected chi connectivity index (χ0v) is 12.7. The molecule has 0 radical (unpaired) electrons. The van der Waals surface area contributed by atoms with Gasteiger partial charge in [0.15, 0.2) is 0 Å². The number of rotatable bonds is 3. The molecule has 1 aromatic carbocycles. The molecule has 2 aromatic rings. The monoisotopic (exact) mass is 339 g/mol. The van der Waals surface area contributed by atoms with Crippen LogP contribution in [0.15, 0.2) is 41.8 Å². The van der Waals surface area contributed by atoms with Crippen LogP contribution in [0.25, 0.3) is 0 Å². The molecule has 0 saturated carbocycles. The van der Waals surface area contributed by atoms with E-state index < -0.39 is 0 Å². The molecule has 1 amide bonds. The van der Waals surface area contributed by atoms with Gasteiger partial charge < -0.3 is 0 Å². The first kappa shape index (κ1) is 12.7. The second kappa shape index (κ2) is 5.78. The summed E-state index contributed by atoms with van der Waals surface area (Å²) in [5.41, 5.74) is 0.907. The first-order chi connectivity index (χ1) is 9.31. The molecule has 0 bridgehead atoms. The number of carbonyl (C=O) groups excluding carboxylic acids is 1. The van der Waals surface area contributed by atoms with Crippen LogP contribution in [0.2, 0.25) is 5.32 Å².